The lowest BCUT2D eigenvalue weighted by Crippen LogP contribution is -2.15. The Hall–Kier alpha value is -2.02. The van der Waals surface area contributed by atoms with E-state index in [1.54, 1.807) is 12.2 Å². The Labute approximate surface area is 93.8 Å². The van der Waals surface area contributed by atoms with E-state index in [1.807, 2.05) is 12.2 Å². The number of aliphatic imine (C=N–C) groups is 2. The van der Waals surface area contributed by atoms with Crippen molar-refractivity contribution in [2.75, 3.05) is 6.54 Å². The zero-order chi connectivity index (χ0) is 11.8. The van der Waals surface area contributed by atoms with E-state index >= 15 is 0 Å². The molecule has 1 rings (SSSR count). The smallest absolute Gasteiger partial charge is 0.211 e. The molecule has 1 atom stereocenters. The molecule has 4 nitrogen and oxygen atoms in total. The largest absolute Gasteiger partial charge is 0.235 e. The molecule has 0 amide bonds. The van der Waals surface area contributed by atoms with Gasteiger partial charge in [-0.15, -0.1) is 6.58 Å². The molecule has 0 fully saturated rings. The Balaban J connectivity index is 2.82. The van der Waals surface area contributed by atoms with E-state index in [2.05, 4.69) is 16.6 Å². The highest BCUT2D eigenvalue weighted by Gasteiger charge is 2.19. The molecular formula is C12H11N2O2. The number of nitrogens with zero attached hydrogens (tertiary/aromatic N) is 2. The van der Waals surface area contributed by atoms with Gasteiger partial charge < -0.3 is 0 Å². The molecule has 1 aliphatic carbocycles. The highest BCUT2D eigenvalue weighted by Crippen LogP contribution is 2.24. The first kappa shape index (κ1) is 12.1. The molecule has 0 aromatic carbocycles. The highest BCUT2D eigenvalue weighted by molar-refractivity contribution is 5.44. The Kier molecular flexibility index (Phi) is 4.87. The molecule has 0 saturated heterocycles. The summed E-state index contributed by atoms with van der Waals surface area (Å²) in [6, 6.07) is -0.322. The second-order valence-electron chi connectivity index (χ2n) is 3.22. The molecule has 16 heavy (non-hydrogen) atoms. The van der Waals surface area contributed by atoms with E-state index in [4.69, 9.17) is 0 Å². The third-order valence-corrected chi connectivity index (χ3v) is 2.16. The lowest BCUT2D eigenvalue weighted by molar-refractivity contribution is 0.560. The molecule has 0 aromatic heterocycles. The average Bonchev–Trinajstić information content (AvgIpc) is 2.30. The predicted molar refractivity (Wildman–Crippen MR) is 60.2 cm³/mol. The average molecular weight is 215 g/mol. The topological polar surface area (TPSA) is 58.9 Å². The van der Waals surface area contributed by atoms with E-state index in [9.17, 15) is 9.59 Å². The summed E-state index contributed by atoms with van der Waals surface area (Å²) in [7, 11) is 0. The maximum absolute atomic E-state index is 10.3. The Morgan fingerprint density at radius 3 is 2.81 bits per heavy atom. The Morgan fingerprint density at radius 1 is 1.38 bits per heavy atom. The van der Waals surface area contributed by atoms with Crippen LogP contribution in [-0.2, 0) is 9.59 Å². The summed E-state index contributed by atoms with van der Waals surface area (Å²) in [5.41, 5.74) is 0.833. The van der Waals surface area contributed by atoms with Gasteiger partial charge in [0.2, 0.25) is 12.2 Å². The van der Waals surface area contributed by atoms with Crippen molar-refractivity contribution in [2.24, 2.45) is 9.98 Å². The van der Waals surface area contributed by atoms with Crippen LogP contribution in [0.2, 0.25) is 0 Å². The summed E-state index contributed by atoms with van der Waals surface area (Å²) in [6.07, 6.45) is 10.9. The number of allylic oxidation sites excluding steroid dienone is 1. The van der Waals surface area contributed by atoms with Crippen LogP contribution >= 0.6 is 0 Å². The van der Waals surface area contributed by atoms with Crippen LogP contribution in [0.5, 0.6) is 0 Å². The second kappa shape index (κ2) is 6.46. The maximum atomic E-state index is 10.3. The van der Waals surface area contributed by atoms with Crippen molar-refractivity contribution in [1.82, 2.24) is 0 Å². The van der Waals surface area contributed by atoms with E-state index in [1.165, 1.54) is 12.2 Å². The van der Waals surface area contributed by atoms with Gasteiger partial charge in [0.15, 0.2) is 0 Å². The molecular weight excluding hydrogens is 204 g/mol. The minimum Gasteiger partial charge on any atom is -0.211 e. The predicted octanol–water partition coefficient (Wildman–Crippen LogP) is 1.67. The quantitative estimate of drug-likeness (QED) is 0.398. The summed E-state index contributed by atoms with van der Waals surface area (Å²) < 4.78 is 0. The van der Waals surface area contributed by atoms with Crippen LogP contribution < -0.4 is 0 Å². The molecule has 1 radical (unpaired) electrons. The SMILES string of the molecule is C=CC[C]1C=CC(CN=C=O)=CC1N=C=O. The number of hydrogen-bond acceptors (Lipinski definition) is 4. The fraction of sp³-hybridized carbons (Fsp3) is 0.250. The third-order valence-electron chi connectivity index (χ3n) is 2.16. The first-order valence-corrected chi connectivity index (χ1v) is 4.77. The number of rotatable bonds is 5. The fourth-order valence-electron chi connectivity index (χ4n) is 1.44. The van der Waals surface area contributed by atoms with Gasteiger partial charge in [0.05, 0.1) is 12.6 Å². The van der Waals surface area contributed by atoms with Gasteiger partial charge in [0.1, 0.15) is 0 Å². The lowest BCUT2D eigenvalue weighted by Gasteiger charge is -2.19. The summed E-state index contributed by atoms with van der Waals surface area (Å²) >= 11 is 0. The van der Waals surface area contributed by atoms with Crippen molar-refractivity contribution < 1.29 is 9.59 Å². The van der Waals surface area contributed by atoms with E-state index in [0.717, 1.165) is 11.5 Å². The molecule has 0 N–H and O–H groups in total. The Bertz CT molecular complexity index is 411. The Morgan fingerprint density at radius 2 is 2.19 bits per heavy atom. The summed E-state index contributed by atoms with van der Waals surface area (Å²) in [4.78, 5) is 27.4. The van der Waals surface area contributed by atoms with Gasteiger partial charge in [0.25, 0.3) is 0 Å². The van der Waals surface area contributed by atoms with Gasteiger partial charge >= 0.3 is 0 Å². The van der Waals surface area contributed by atoms with E-state index in [0.29, 0.717) is 6.42 Å². The van der Waals surface area contributed by atoms with Gasteiger partial charge in [0, 0.05) is 5.92 Å². The van der Waals surface area contributed by atoms with E-state index in [-0.39, 0.29) is 12.6 Å². The van der Waals surface area contributed by atoms with Crippen molar-refractivity contribution in [3.05, 3.63) is 42.4 Å². The van der Waals surface area contributed by atoms with Crippen LogP contribution in [0.4, 0.5) is 0 Å². The summed E-state index contributed by atoms with van der Waals surface area (Å²) in [5.74, 6) is 0.970. The monoisotopic (exact) mass is 215 g/mol. The fourth-order valence-corrected chi connectivity index (χ4v) is 1.44. The van der Waals surface area contributed by atoms with Gasteiger partial charge in [-0.05, 0) is 12.0 Å². The molecule has 4 heteroatoms. The van der Waals surface area contributed by atoms with Crippen LogP contribution in [0.1, 0.15) is 6.42 Å². The first-order chi connectivity index (χ1) is 7.81. The molecule has 0 spiro atoms. The molecule has 0 saturated carbocycles. The first-order valence-electron chi connectivity index (χ1n) is 4.77. The molecule has 0 aromatic rings. The summed E-state index contributed by atoms with van der Waals surface area (Å²) in [5, 5.41) is 0. The third kappa shape index (κ3) is 3.28. The van der Waals surface area contributed by atoms with Crippen LogP contribution in [0, 0.1) is 5.92 Å². The number of hydrogen-bond donors (Lipinski definition) is 0. The van der Waals surface area contributed by atoms with Gasteiger partial charge in [-0.25, -0.2) is 14.6 Å². The molecule has 0 aliphatic heterocycles. The lowest BCUT2D eigenvalue weighted by atomic mass is 9.89. The zero-order valence-corrected chi connectivity index (χ0v) is 8.72. The van der Waals surface area contributed by atoms with Gasteiger partial charge in [-0.2, -0.15) is 4.99 Å². The minimum atomic E-state index is -0.322. The standard InChI is InChI=1S/C12H11N2O2/c1-2-3-11-5-4-10(7-13-8-15)6-12(11)14-9-16/h2,4-6,12H,1,3,7H2. The zero-order valence-electron chi connectivity index (χ0n) is 8.72. The van der Waals surface area contributed by atoms with Crippen LogP contribution in [0.15, 0.2) is 46.4 Å². The normalized spacial score (nSPS) is 19.2. The van der Waals surface area contributed by atoms with Crippen molar-refractivity contribution >= 4 is 12.2 Å². The van der Waals surface area contributed by atoms with E-state index < -0.39 is 0 Å². The van der Waals surface area contributed by atoms with Crippen molar-refractivity contribution in [2.45, 2.75) is 12.5 Å². The minimum absolute atomic E-state index is 0.256. The second-order valence-corrected chi connectivity index (χ2v) is 3.22. The van der Waals surface area contributed by atoms with Crippen LogP contribution in [0.25, 0.3) is 0 Å². The molecule has 1 aliphatic rings. The van der Waals surface area contributed by atoms with Crippen molar-refractivity contribution in [1.29, 1.82) is 0 Å². The van der Waals surface area contributed by atoms with Gasteiger partial charge in [-0.1, -0.05) is 24.3 Å². The molecule has 0 heterocycles. The van der Waals surface area contributed by atoms with Gasteiger partial charge in [-0.3, -0.25) is 0 Å². The number of carbonyl (C=O) groups excluding carboxylic acids is 2. The van der Waals surface area contributed by atoms with Crippen LogP contribution in [0.3, 0.4) is 0 Å². The van der Waals surface area contributed by atoms with Crippen molar-refractivity contribution in [3.63, 3.8) is 0 Å². The summed E-state index contributed by atoms with van der Waals surface area (Å²) in [6.45, 7) is 3.89. The molecule has 81 valence electrons. The van der Waals surface area contributed by atoms with Crippen molar-refractivity contribution in [3.8, 4) is 0 Å². The van der Waals surface area contributed by atoms with Crippen LogP contribution in [-0.4, -0.2) is 24.7 Å². The maximum Gasteiger partial charge on any atom is 0.235 e. The number of isocyanates is 2. The molecule has 1 unspecified atom stereocenters. The molecule has 0 bridgehead atoms. The highest BCUT2D eigenvalue weighted by atomic mass is 16.1.